The Kier molecular flexibility index (Phi) is 9.50. The Balaban J connectivity index is 0.00000261. The average Bonchev–Trinajstić information content (AvgIpc) is 3.16. The summed E-state index contributed by atoms with van der Waals surface area (Å²) in [5, 5.41) is 14.9. The molecule has 1 saturated heterocycles. The van der Waals surface area contributed by atoms with Crippen LogP contribution in [0.1, 0.15) is 12.7 Å². The standard InChI is InChI=1S/C18H27N7O.HI/c1-2-19-18(20-8-9-24-10-12-26-13-11-24)21-14-17-23-22-15-25(17)16-6-4-3-5-7-16;/h3-7,15H,2,8-14H2,1H3,(H2,19,20,21);1H. The summed E-state index contributed by atoms with van der Waals surface area (Å²) in [6, 6.07) is 10.1. The van der Waals surface area contributed by atoms with Gasteiger partial charge in [-0.2, -0.15) is 0 Å². The lowest BCUT2D eigenvalue weighted by molar-refractivity contribution is 0.0389. The van der Waals surface area contributed by atoms with E-state index in [4.69, 9.17) is 4.74 Å². The number of nitrogens with zero attached hydrogens (tertiary/aromatic N) is 5. The predicted octanol–water partition coefficient (Wildman–Crippen LogP) is 1.27. The predicted molar refractivity (Wildman–Crippen MR) is 117 cm³/mol. The molecular weight excluding hydrogens is 457 g/mol. The summed E-state index contributed by atoms with van der Waals surface area (Å²) in [6.45, 7) is 8.80. The SMILES string of the molecule is CCNC(=NCc1nncn1-c1ccccc1)NCCN1CCOCC1.I. The van der Waals surface area contributed by atoms with Crippen LogP contribution >= 0.6 is 24.0 Å². The number of hydrogen-bond donors (Lipinski definition) is 2. The van der Waals surface area contributed by atoms with Crippen molar-refractivity contribution in [3.63, 3.8) is 0 Å². The molecular formula is C18H28IN7O. The molecule has 3 rings (SSSR count). The lowest BCUT2D eigenvalue weighted by Gasteiger charge is -2.26. The third-order valence-electron chi connectivity index (χ3n) is 4.20. The third-order valence-corrected chi connectivity index (χ3v) is 4.20. The van der Waals surface area contributed by atoms with E-state index in [-0.39, 0.29) is 24.0 Å². The Hall–Kier alpha value is -1.72. The summed E-state index contributed by atoms with van der Waals surface area (Å²) in [4.78, 5) is 7.05. The Morgan fingerprint density at radius 1 is 1.19 bits per heavy atom. The Morgan fingerprint density at radius 3 is 2.70 bits per heavy atom. The van der Waals surface area contributed by atoms with E-state index in [0.717, 1.165) is 63.4 Å². The zero-order valence-corrected chi connectivity index (χ0v) is 18.0. The maximum atomic E-state index is 5.38. The summed E-state index contributed by atoms with van der Waals surface area (Å²) in [5.41, 5.74) is 1.04. The minimum Gasteiger partial charge on any atom is -0.379 e. The number of guanidine groups is 1. The number of ether oxygens (including phenoxy) is 1. The van der Waals surface area contributed by atoms with Gasteiger partial charge in [-0.05, 0) is 19.1 Å². The second kappa shape index (κ2) is 11.9. The van der Waals surface area contributed by atoms with Crippen molar-refractivity contribution in [3.05, 3.63) is 42.5 Å². The highest BCUT2D eigenvalue weighted by atomic mass is 127. The van der Waals surface area contributed by atoms with Crippen LogP contribution in [-0.4, -0.2) is 71.6 Å². The molecule has 1 aliphatic heterocycles. The maximum absolute atomic E-state index is 5.38. The zero-order chi connectivity index (χ0) is 18.0. The van der Waals surface area contributed by atoms with E-state index in [0.29, 0.717) is 6.54 Å². The van der Waals surface area contributed by atoms with Crippen molar-refractivity contribution >= 4 is 29.9 Å². The summed E-state index contributed by atoms with van der Waals surface area (Å²) in [5.74, 6) is 1.60. The number of halogens is 1. The van der Waals surface area contributed by atoms with E-state index in [9.17, 15) is 0 Å². The largest absolute Gasteiger partial charge is 0.379 e. The number of benzene rings is 1. The summed E-state index contributed by atoms with van der Waals surface area (Å²) < 4.78 is 7.34. The molecule has 0 unspecified atom stereocenters. The molecule has 1 aromatic carbocycles. The molecule has 2 heterocycles. The van der Waals surface area contributed by atoms with Gasteiger partial charge in [-0.1, -0.05) is 18.2 Å². The van der Waals surface area contributed by atoms with Gasteiger partial charge in [-0.15, -0.1) is 34.2 Å². The highest BCUT2D eigenvalue weighted by Crippen LogP contribution is 2.09. The fourth-order valence-corrected chi connectivity index (χ4v) is 2.82. The smallest absolute Gasteiger partial charge is 0.191 e. The molecule has 0 radical (unpaired) electrons. The molecule has 0 amide bonds. The minimum atomic E-state index is 0. The molecule has 8 nitrogen and oxygen atoms in total. The van der Waals surface area contributed by atoms with Crippen LogP contribution in [0, 0.1) is 0 Å². The van der Waals surface area contributed by atoms with Crippen LogP contribution in [0.15, 0.2) is 41.7 Å². The van der Waals surface area contributed by atoms with Crippen LogP contribution in [0.25, 0.3) is 5.69 Å². The van der Waals surface area contributed by atoms with Gasteiger partial charge >= 0.3 is 0 Å². The third kappa shape index (κ3) is 6.74. The van der Waals surface area contributed by atoms with E-state index < -0.39 is 0 Å². The number of morpholine rings is 1. The highest BCUT2D eigenvalue weighted by molar-refractivity contribution is 14.0. The number of hydrogen-bond acceptors (Lipinski definition) is 5. The minimum absolute atomic E-state index is 0. The maximum Gasteiger partial charge on any atom is 0.191 e. The van der Waals surface area contributed by atoms with Gasteiger partial charge in [0.25, 0.3) is 0 Å². The van der Waals surface area contributed by atoms with Crippen LogP contribution < -0.4 is 10.6 Å². The summed E-state index contributed by atoms with van der Waals surface area (Å²) in [7, 11) is 0. The quantitative estimate of drug-likeness (QED) is 0.350. The van der Waals surface area contributed by atoms with Crippen molar-refractivity contribution in [1.82, 2.24) is 30.3 Å². The van der Waals surface area contributed by atoms with E-state index in [1.165, 1.54) is 0 Å². The van der Waals surface area contributed by atoms with Gasteiger partial charge in [0.1, 0.15) is 12.9 Å². The van der Waals surface area contributed by atoms with Crippen molar-refractivity contribution in [2.45, 2.75) is 13.5 Å². The molecule has 2 aromatic rings. The normalized spacial score (nSPS) is 15.2. The van der Waals surface area contributed by atoms with Gasteiger partial charge in [-0.3, -0.25) is 9.47 Å². The van der Waals surface area contributed by atoms with Crippen molar-refractivity contribution < 1.29 is 4.74 Å². The number of nitrogens with one attached hydrogen (secondary N) is 2. The number of para-hydroxylation sites is 1. The topological polar surface area (TPSA) is 79.6 Å². The summed E-state index contributed by atoms with van der Waals surface area (Å²) >= 11 is 0. The van der Waals surface area contributed by atoms with Crippen LogP contribution in [0.5, 0.6) is 0 Å². The highest BCUT2D eigenvalue weighted by Gasteiger charge is 2.10. The Morgan fingerprint density at radius 2 is 1.96 bits per heavy atom. The molecule has 0 atom stereocenters. The van der Waals surface area contributed by atoms with E-state index >= 15 is 0 Å². The second-order valence-corrected chi connectivity index (χ2v) is 6.03. The monoisotopic (exact) mass is 485 g/mol. The van der Waals surface area contributed by atoms with Gasteiger partial charge < -0.3 is 15.4 Å². The van der Waals surface area contributed by atoms with Crippen molar-refractivity contribution in [2.75, 3.05) is 45.9 Å². The fourth-order valence-electron chi connectivity index (χ4n) is 2.82. The van der Waals surface area contributed by atoms with Gasteiger partial charge in [0.05, 0.1) is 13.2 Å². The average molecular weight is 485 g/mol. The van der Waals surface area contributed by atoms with E-state index in [1.54, 1.807) is 6.33 Å². The molecule has 1 aliphatic rings. The van der Waals surface area contributed by atoms with Gasteiger partial charge in [0.15, 0.2) is 11.8 Å². The first-order chi connectivity index (χ1) is 12.9. The number of rotatable bonds is 7. The molecule has 0 aliphatic carbocycles. The first kappa shape index (κ1) is 21.6. The molecule has 0 bridgehead atoms. The van der Waals surface area contributed by atoms with Gasteiger partial charge in [-0.25, -0.2) is 4.99 Å². The van der Waals surface area contributed by atoms with E-state index in [1.807, 2.05) is 34.9 Å². The number of aromatic nitrogens is 3. The van der Waals surface area contributed by atoms with Crippen LogP contribution in [0.4, 0.5) is 0 Å². The number of aliphatic imine (C=N–C) groups is 1. The van der Waals surface area contributed by atoms with Crippen LogP contribution in [-0.2, 0) is 11.3 Å². The Labute approximate surface area is 177 Å². The first-order valence-electron chi connectivity index (χ1n) is 9.13. The van der Waals surface area contributed by atoms with Gasteiger partial charge in [0, 0.05) is 38.4 Å². The molecule has 0 spiro atoms. The zero-order valence-electron chi connectivity index (χ0n) is 15.7. The summed E-state index contributed by atoms with van der Waals surface area (Å²) in [6.07, 6.45) is 1.72. The van der Waals surface area contributed by atoms with Crippen molar-refractivity contribution in [2.24, 2.45) is 4.99 Å². The first-order valence-corrected chi connectivity index (χ1v) is 9.13. The van der Waals surface area contributed by atoms with Crippen molar-refractivity contribution in [1.29, 1.82) is 0 Å². The molecule has 9 heteroatoms. The fraction of sp³-hybridized carbons (Fsp3) is 0.500. The van der Waals surface area contributed by atoms with Gasteiger partial charge in [0.2, 0.25) is 0 Å². The van der Waals surface area contributed by atoms with Crippen LogP contribution in [0.2, 0.25) is 0 Å². The lowest BCUT2D eigenvalue weighted by Crippen LogP contribution is -2.44. The van der Waals surface area contributed by atoms with Crippen molar-refractivity contribution in [3.8, 4) is 5.69 Å². The van der Waals surface area contributed by atoms with E-state index in [2.05, 4.69) is 37.6 Å². The molecule has 2 N–H and O–H groups in total. The second-order valence-electron chi connectivity index (χ2n) is 6.03. The molecule has 148 valence electrons. The van der Waals surface area contributed by atoms with Crippen LogP contribution in [0.3, 0.4) is 0 Å². The Bertz CT molecular complexity index is 686. The molecule has 1 fully saturated rings. The molecule has 1 aromatic heterocycles. The molecule has 27 heavy (non-hydrogen) atoms. The molecule has 0 saturated carbocycles. The lowest BCUT2D eigenvalue weighted by atomic mass is 10.3.